The van der Waals surface area contributed by atoms with Crippen molar-refractivity contribution in [2.24, 2.45) is 0 Å². The average molecular weight is 460 g/mol. The molecule has 2 aromatic rings. The summed E-state index contributed by atoms with van der Waals surface area (Å²) in [5.41, 5.74) is 2.33. The van der Waals surface area contributed by atoms with E-state index in [1.807, 2.05) is 24.1 Å². The fourth-order valence-corrected chi connectivity index (χ4v) is 5.51. The van der Waals surface area contributed by atoms with Gasteiger partial charge in [-0.05, 0) is 49.4 Å². The number of likely N-dealkylation sites (N-methyl/N-ethyl adjacent to an activating group) is 1. The lowest BCUT2D eigenvalue weighted by Crippen LogP contribution is -2.47. The number of rotatable bonds is 5. The van der Waals surface area contributed by atoms with E-state index in [-0.39, 0.29) is 22.2 Å². The van der Waals surface area contributed by atoms with E-state index < -0.39 is 14.9 Å². The number of sulfonamides is 1. The van der Waals surface area contributed by atoms with Gasteiger partial charge >= 0.3 is 0 Å². The van der Waals surface area contributed by atoms with Crippen molar-refractivity contribution in [3.05, 3.63) is 52.1 Å². The van der Waals surface area contributed by atoms with Crippen LogP contribution in [-0.2, 0) is 21.2 Å². The Balaban J connectivity index is 1.61. The van der Waals surface area contributed by atoms with Crippen molar-refractivity contribution < 1.29 is 18.1 Å². The molecule has 0 bridgehead atoms. The summed E-state index contributed by atoms with van der Waals surface area (Å²) in [4.78, 5) is 26.5. The van der Waals surface area contributed by atoms with Gasteiger partial charge in [-0.25, -0.2) is 8.42 Å². The zero-order chi connectivity index (χ0) is 23.0. The van der Waals surface area contributed by atoms with Gasteiger partial charge in [-0.3, -0.25) is 14.9 Å². The second-order valence-corrected chi connectivity index (χ2v) is 9.97. The number of carbonyl (C=O) groups excluding carboxylic acids is 1. The summed E-state index contributed by atoms with van der Waals surface area (Å²) in [5, 5.41) is 14.8. The Morgan fingerprint density at radius 1 is 1.06 bits per heavy atom. The van der Waals surface area contributed by atoms with E-state index in [1.165, 1.54) is 23.4 Å². The minimum Gasteiger partial charge on any atom is -0.350 e. The average Bonchev–Trinajstić information content (AvgIpc) is 3.17. The fourth-order valence-electron chi connectivity index (χ4n) is 4.07. The molecule has 1 N–H and O–H groups in total. The molecular formula is C21H25N5O5S. The zero-order valence-electron chi connectivity index (χ0n) is 17.9. The molecule has 32 heavy (non-hydrogen) atoms. The lowest BCUT2D eigenvalue weighted by molar-refractivity contribution is -0.384. The first kappa shape index (κ1) is 22.2. The number of fused-ring (bicyclic) bond motifs is 1. The van der Waals surface area contributed by atoms with Crippen LogP contribution in [0.5, 0.6) is 0 Å². The predicted molar refractivity (Wildman–Crippen MR) is 121 cm³/mol. The van der Waals surface area contributed by atoms with Gasteiger partial charge in [-0.2, -0.15) is 4.31 Å². The van der Waals surface area contributed by atoms with E-state index in [0.717, 1.165) is 17.3 Å². The first-order valence-electron chi connectivity index (χ1n) is 10.3. The van der Waals surface area contributed by atoms with E-state index in [0.29, 0.717) is 44.8 Å². The highest BCUT2D eigenvalue weighted by molar-refractivity contribution is 7.89. The molecule has 4 rings (SSSR count). The Morgan fingerprint density at radius 2 is 1.78 bits per heavy atom. The van der Waals surface area contributed by atoms with E-state index in [4.69, 9.17) is 0 Å². The lowest BCUT2D eigenvalue weighted by Gasteiger charge is -2.31. The molecular weight excluding hydrogens is 434 g/mol. The molecule has 0 radical (unpaired) electrons. The molecule has 170 valence electrons. The third-order valence-electron chi connectivity index (χ3n) is 5.90. The SMILES string of the molecule is CC(=O)N1CCc2cc(Nc3ccc(S(=O)(=O)N4CCN(C)CC4)cc3[N+](=O)[O-])ccc21. The van der Waals surface area contributed by atoms with Crippen molar-refractivity contribution in [2.75, 3.05) is 50.0 Å². The van der Waals surface area contributed by atoms with E-state index in [1.54, 1.807) is 11.0 Å². The van der Waals surface area contributed by atoms with Crippen LogP contribution in [0.4, 0.5) is 22.7 Å². The summed E-state index contributed by atoms with van der Waals surface area (Å²) in [5.74, 6) is -0.0303. The number of nitrogens with zero attached hydrogens (tertiary/aromatic N) is 4. The van der Waals surface area contributed by atoms with Gasteiger partial charge in [-0.15, -0.1) is 0 Å². The predicted octanol–water partition coefficient (Wildman–Crippen LogP) is 2.18. The number of anilines is 3. The molecule has 2 aliphatic rings. The van der Waals surface area contributed by atoms with Crippen LogP contribution >= 0.6 is 0 Å². The summed E-state index contributed by atoms with van der Waals surface area (Å²) in [6.07, 6.45) is 0.703. The van der Waals surface area contributed by atoms with Crippen LogP contribution in [0.2, 0.25) is 0 Å². The quantitative estimate of drug-likeness (QED) is 0.538. The molecule has 1 amide bonds. The van der Waals surface area contributed by atoms with Gasteiger partial charge in [0.05, 0.1) is 9.82 Å². The summed E-state index contributed by atoms with van der Waals surface area (Å²) >= 11 is 0. The third-order valence-corrected chi connectivity index (χ3v) is 7.79. The fraction of sp³-hybridized carbons (Fsp3) is 0.381. The second kappa shape index (κ2) is 8.49. The number of carbonyl (C=O) groups is 1. The number of nitro benzene ring substituents is 1. The first-order chi connectivity index (χ1) is 15.2. The molecule has 0 atom stereocenters. The maximum absolute atomic E-state index is 13.0. The summed E-state index contributed by atoms with van der Waals surface area (Å²) < 4.78 is 27.3. The molecule has 2 aliphatic heterocycles. The molecule has 2 aromatic carbocycles. The number of piperazine rings is 1. The maximum atomic E-state index is 13.0. The van der Waals surface area contributed by atoms with Crippen LogP contribution in [-0.4, -0.2) is 68.2 Å². The largest absolute Gasteiger partial charge is 0.350 e. The highest BCUT2D eigenvalue weighted by atomic mass is 32.2. The van der Waals surface area contributed by atoms with Gasteiger partial charge in [-0.1, -0.05) is 0 Å². The van der Waals surface area contributed by atoms with Gasteiger partial charge < -0.3 is 15.1 Å². The Morgan fingerprint density at radius 3 is 2.44 bits per heavy atom. The van der Waals surface area contributed by atoms with Crippen LogP contribution in [0.25, 0.3) is 0 Å². The van der Waals surface area contributed by atoms with Crippen molar-refractivity contribution in [3.63, 3.8) is 0 Å². The van der Waals surface area contributed by atoms with E-state index >= 15 is 0 Å². The molecule has 0 spiro atoms. The lowest BCUT2D eigenvalue weighted by atomic mass is 10.1. The van der Waals surface area contributed by atoms with Gasteiger partial charge in [0, 0.05) is 57.1 Å². The van der Waals surface area contributed by atoms with Crippen LogP contribution in [0.1, 0.15) is 12.5 Å². The summed E-state index contributed by atoms with van der Waals surface area (Å²) in [7, 11) is -1.89. The molecule has 0 aliphatic carbocycles. The molecule has 0 unspecified atom stereocenters. The number of nitro groups is 1. The summed E-state index contributed by atoms with van der Waals surface area (Å²) in [6, 6.07) is 9.35. The Labute approximate surface area is 186 Å². The number of amides is 1. The standard InChI is InChI=1S/C21H25N5O5S/c1-15(27)25-8-7-16-13-17(3-6-20(16)25)22-19-5-4-18(14-21(19)26(28)29)32(30,31)24-11-9-23(2)10-12-24/h3-6,13-14,22H,7-12H2,1-2H3. The van der Waals surface area contributed by atoms with Crippen molar-refractivity contribution in [3.8, 4) is 0 Å². The van der Waals surface area contributed by atoms with Crippen molar-refractivity contribution >= 4 is 38.7 Å². The molecule has 1 saturated heterocycles. The number of hydrogen-bond donors (Lipinski definition) is 1. The van der Waals surface area contributed by atoms with Gasteiger partial charge in [0.15, 0.2) is 0 Å². The van der Waals surface area contributed by atoms with Crippen LogP contribution in [0, 0.1) is 10.1 Å². The first-order valence-corrected chi connectivity index (χ1v) is 11.8. The van der Waals surface area contributed by atoms with E-state index in [2.05, 4.69) is 5.32 Å². The van der Waals surface area contributed by atoms with Crippen LogP contribution < -0.4 is 10.2 Å². The highest BCUT2D eigenvalue weighted by Gasteiger charge is 2.30. The Hall–Kier alpha value is -3.02. The third kappa shape index (κ3) is 4.18. The topological polar surface area (TPSA) is 116 Å². The monoisotopic (exact) mass is 459 g/mol. The second-order valence-electron chi connectivity index (χ2n) is 8.03. The molecule has 10 nitrogen and oxygen atoms in total. The minimum absolute atomic E-state index is 0.0303. The van der Waals surface area contributed by atoms with Gasteiger partial charge in [0.1, 0.15) is 5.69 Å². The molecule has 1 fully saturated rings. The molecule has 2 heterocycles. The minimum atomic E-state index is -3.82. The zero-order valence-corrected chi connectivity index (χ0v) is 18.8. The van der Waals surface area contributed by atoms with Crippen LogP contribution in [0.3, 0.4) is 0 Å². The molecule has 0 saturated carbocycles. The smallest absolute Gasteiger partial charge is 0.294 e. The van der Waals surface area contributed by atoms with Crippen molar-refractivity contribution in [1.82, 2.24) is 9.21 Å². The van der Waals surface area contributed by atoms with Crippen molar-refractivity contribution in [1.29, 1.82) is 0 Å². The highest BCUT2D eigenvalue weighted by Crippen LogP contribution is 2.35. The van der Waals surface area contributed by atoms with Crippen LogP contribution in [0.15, 0.2) is 41.3 Å². The normalized spacial score (nSPS) is 17.2. The molecule has 11 heteroatoms. The number of nitrogens with one attached hydrogen (secondary N) is 1. The van der Waals surface area contributed by atoms with Gasteiger partial charge in [0.2, 0.25) is 15.9 Å². The number of hydrogen-bond acceptors (Lipinski definition) is 7. The molecule has 0 aromatic heterocycles. The maximum Gasteiger partial charge on any atom is 0.294 e. The summed E-state index contributed by atoms with van der Waals surface area (Å²) in [6.45, 7) is 4.04. The Bertz CT molecular complexity index is 1180. The van der Waals surface area contributed by atoms with Crippen molar-refractivity contribution in [2.45, 2.75) is 18.2 Å². The Kier molecular flexibility index (Phi) is 5.89. The van der Waals surface area contributed by atoms with E-state index in [9.17, 15) is 23.3 Å². The number of benzene rings is 2. The van der Waals surface area contributed by atoms with Gasteiger partial charge in [0.25, 0.3) is 5.69 Å².